The molecule has 0 saturated carbocycles. The highest BCUT2D eigenvalue weighted by atomic mass is 79.9. The van der Waals surface area contributed by atoms with Gasteiger partial charge < -0.3 is 0 Å². The van der Waals surface area contributed by atoms with Gasteiger partial charge in [-0.25, -0.2) is 4.98 Å². The maximum Gasteiger partial charge on any atom is 0.129 e. The molecular formula is C7H6BrCl2N. The van der Waals surface area contributed by atoms with Crippen LogP contribution < -0.4 is 0 Å². The quantitative estimate of drug-likeness (QED) is 0.583. The number of pyridine rings is 1. The summed E-state index contributed by atoms with van der Waals surface area (Å²) < 4.78 is 0.961. The Labute approximate surface area is 83.9 Å². The second-order valence-electron chi connectivity index (χ2n) is 2.04. The van der Waals surface area contributed by atoms with Gasteiger partial charge in [-0.1, -0.05) is 11.6 Å². The van der Waals surface area contributed by atoms with Crippen LogP contribution in [0.25, 0.3) is 0 Å². The van der Waals surface area contributed by atoms with Gasteiger partial charge in [-0.15, -0.1) is 11.6 Å². The molecule has 0 bridgehead atoms. The largest absolute Gasteiger partial charge is 0.243 e. The normalized spacial score (nSPS) is 10.1. The predicted molar refractivity (Wildman–Crippen MR) is 51.4 cm³/mol. The van der Waals surface area contributed by atoms with E-state index in [1.807, 2.05) is 6.07 Å². The maximum atomic E-state index is 5.68. The molecule has 1 aromatic heterocycles. The van der Waals surface area contributed by atoms with Crippen molar-refractivity contribution in [2.45, 2.75) is 6.42 Å². The van der Waals surface area contributed by atoms with E-state index in [1.165, 1.54) is 0 Å². The van der Waals surface area contributed by atoms with Gasteiger partial charge in [0.25, 0.3) is 0 Å². The van der Waals surface area contributed by atoms with Crippen LogP contribution in [0.1, 0.15) is 5.56 Å². The molecule has 0 atom stereocenters. The van der Waals surface area contributed by atoms with Crippen molar-refractivity contribution in [3.05, 3.63) is 27.5 Å². The lowest BCUT2D eigenvalue weighted by Gasteiger charge is -2.00. The Kier molecular flexibility index (Phi) is 3.63. The number of hydrogen-bond donors (Lipinski definition) is 0. The third-order valence-electron chi connectivity index (χ3n) is 1.27. The third kappa shape index (κ3) is 2.62. The number of nitrogens with zero attached hydrogens (tertiary/aromatic N) is 1. The molecule has 0 aliphatic rings. The van der Waals surface area contributed by atoms with E-state index in [9.17, 15) is 0 Å². The Morgan fingerprint density at radius 2 is 2.27 bits per heavy atom. The van der Waals surface area contributed by atoms with Gasteiger partial charge in [0.2, 0.25) is 0 Å². The van der Waals surface area contributed by atoms with E-state index in [0.717, 1.165) is 16.5 Å². The first-order chi connectivity index (χ1) is 5.24. The zero-order valence-electron chi connectivity index (χ0n) is 5.65. The van der Waals surface area contributed by atoms with Crippen LogP contribution >= 0.6 is 39.1 Å². The van der Waals surface area contributed by atoms with Crippen LogP contribution in [0.2, 0.25) is 5.15 Å². The molecule has 0 aliphatic carbocycles. The topological polar surface area (TPSA) is 12.9 Å². The van der Waals surface area contributed by atoms with Crippen molar-refractivity contribution in [1.29, 1.82) is 0 Å². The fourth-order valence-corrected chi connectivity index (χ4v) is 1.54. The summed E-state index contributed by atoms with van der Waals surface area (Å²) in [5.74, 6) is 0.596. The molecular weight excluding hydrogens is 249 g/mol. The second-order valence-corrected chi connectivity index (χ2v) is 3.66. The van der Waals surface area contributed by atoms with Gasteiger partial charge >= 0.3 is 0 Å². The summed E-state index contributed by atoms with van der Waals surface area (Å²) in [5, 5.41) is 0.508. The van der Waals surface area contributed by atoms with Crippen molar-refractivity contribution in [3.63, 3.8) is 0 Å². The van der Waals surface area contributed by atoms with Crippen LogP contribution in [0.5, 0.6) is 0 Å². The molecule has 60 valence electrons. The Hall–Kier alpha value is 0.210. The molecule has 0 aliphatic heterocycles. The SMILES string of the molecule is ClCCc1cc(Cl)ncc1Br. The molecule has 0 aromatic carbocycles. The summed E-state index contributed by atoms with van der Waals surface area (Å²) in [4.78, 5) is 3.90. The van der Waals surface area contributed by atoms with E-state index in [1.54, 1.807) is 6.20 Å². The lowest BCUT2D eigenvalue weighted by Crippen LogP contribution is -1.89. The van der Waals surface area contributed by atoms with Gasteiger partial charge in [-0.05, 0) is 34.0 Å². The molecule has 11 heavy (non-hydrogen) atoms. The van der Waals surface area contributed by atoms with Crippen LogP contribution in [0.15, 0.2) is 16.7 Å². The summed E-state index contributed by atoms with van der Waals surface area (Å²) in [6, 6.07) is 1.81. The van der Waals surface area contributed by atoms with Gasteiger partial charge in [0, 0.05) is 16.5 Å². The molecule has 1 rings (SSSR count). The summed E-state index contributed by atoms with van der Waals surface area (Å²) in [6.07, 6.45) is 2.49. The van der Waals surface area contributed by atoms with E-state index in [0.29, 0.717) is 11.0 Å². The highest BCUT2D eigenvalue weighted by Gasteiger charge is 1.99. The Balaban J connectivity index is 2.93. The van der Waals surface area contributed by atoms with Crippen molar-refractivity contribution in [3.8, 4) is 0 Å². The van der Waals surface area contributed by atoms with E-state index in [4.69, 9.17) is 23.2 Å². The van der Waals surface area contributed by atoms with Crippen LogP contribution in [-0.2, 0) is 6.42 Å². The Bertz CT molecular complexity index is 252. The molecule has 1 nitrogen and oxygen atoms in total. The minimum Gasteiger partial charge on any atom is -0.243 e. The zero-order chi connectivity index (χ0) is 8.27. The second kappa shape index (κ2) is 4.29. The minimum absolute atomic E-state index is 0.508. The van der Waals surface area contributed by atoms with Crippen LogP contribution in [-0.4, -0.2) is 10.9 Å². The number of alkyl halides is 1. The molecule has 0 N–H and O–H groups in total. The van der Waals surface area contributed by atoms with Crippen LogP contribution in [0.3, 0.4) is 0 Å². The van der Waals surface area contributed by atoms with Crippen molar-refractivity contribution < 1.29 is 0 Å². The fraction of sp³-hybridized carbons (Fsp3) is 0.286. The molecule has 1 heterocycles. The smallest absolute Gasteiger partial charge is 0.129 e. The summed E-state index contributed by atoms with van der Waals surface area (Å²) >= 11 is 14.6. The minimum atomic E-state index is 0.508. The first-order valence-corrected chi connectivity index (χ1v) is 4.80. The molecule has 4 heteroatoms. The average Bonchev–Trinajstić information content (AvgIpc) is 1.98. The van der Waals surface area contributed by atoms with Gasteiger partial charge in [-0.3, -0.25) is 0 Å². The lowest BCUT2D eigenvalue weighted by molar-refractivity contribution is 1.11. The Morgan fingerprint density at radius 1 is 1.55 bits per heavy atom. The third-order valence-corrected chi connectivity index (χ3v) is 2.37. The van der Waals surface area contributed by atoms with Crippen molar-refractivity contribution in [1.82, 2.24) is 4.98 Å². The van der Waals surface area contributed by atoms with E-state index < -0.39 is 0 Å². The highest BCUT2D eigenvalue weighted by molar-refractivity contribution is 9.10. The zero-order valence-corrected chi connectivity index (χ0v) is 8.75. The number of hydrogen-bond acceptors (Lipinski definition) is 1. The summed E-state index contributed by atoms with van der Waals surface area (Å²) in [6.45, 7) is 0. The molecule has 0 unspecified atom stereocenters. The van der Waals surface area contributed by atoms with Crippen LogP contribution in [0, 0.1) is 0 Å². The van der Waals surface area contributed by atoms with Crippen molar-refractivity contribution >= 4 is 39.1 Å². The number of aromatic nitrogens is 1. The van der Waals surface area contributed by atoms with Crippen LogP contribution in [0.4, 0.5) is 0 Å². The number of halogens is 3. The molecule has 0 spiro atoms. The van der Waals surface area contributed by atoms with Crippen molar-refractivity contribution in [2.75, 3.05) is 5.88 Å². The standard InChI is InChI=1S/C7H6BrCl2N/c8-6-4-11-7(10)3-5(6)1-2-9/h3-4H,1-2H2. The van der Waals surface area contributed by atoms with Gasteiger partial charge in [0.15, 0.2) is 0 Å². The average molecular weight is 255 g/mol. The predicted octanol–water partition coefficient (Wildman–Crippen LogP) is 3.28. The van der Waals surface area contributed by atoms with Gasteiger partial charge in [0.1, 0.15) is 5.15 Å². The maximum absolute atomic E-state index is 5.68. The fourth-order valence-electron chi connectivity index (χ4n) is 0.745. The van der Waals surface area contributed by atoms with Gasteiger partial charge in [-0.2, -0.15) is 0 Å². The van der Waals surface area contributed by atoms with E-state index in [-0.39, 0.29) is 0 Å². The summed E-state index contributed by atoms with van der Waals surface area (Å²) in [7, 11) is 0. The summed E-state index contributed by atoms with van der Waals surface area (Å²) in [5.41, 5.74) is 1.10. The molecule has 0 saturated heterocycles. The molecule has 1 aromatic rings. The number of rotatable bonds is 2. The Morgan fingerprint density at radius 3 is 2.91 bits per heavy atom. The lowest BCUT2D eigenvalue weighted by atomic mass is 10.2. The molecule has 0 amide bonds. The molecule has 0 fully saturated rings. The van der Waals surface area contributed by atoms with E-state index >= 15 is 0 Å². The monoisotopic (exact) mass is 253 g/mol. The number of aryl methyl sites for hydroxylation is 1. The van der Waals surface area contributed by atoms with Crippen molar-refractivity contribution in [2.24, 2.45) is 0 Å². The van der Waals surface area contributed by atoms with Gasteiger partial charge in [0.05, 0.1) is 0 Å². The highest BCUT2D eigenvalue weighted by Crippen LogP contribution is 2.19. The molecule has 0 radical (unpaired) electrons. The van der Waals surface area contributed by atoms with E-state index in [2.05, 4.69) is 20.9 Å². The first kappa shape index (κ1) is 9.30. The first-order valence-electron chi connectivity index (χ1n) is 3.10.